The van der Waals surface area contributed by atoms with Crippen molar-refractivity contribution in [3.63, 3.8) is 0 Å². The average Bonchev–Trinajstić information content (AvgIpc) is 2.74. The van der Waals surface area contributed by atoms with Crippen LogP contribution in [0.15, 0.2) is 53.5 Å². The second-order valence-electron chi connectivity index (χ2n) is 6.59. The summed E-state index contributed by atoms with van der Waals surface area (Å²) in [4.78, 5) is 4.28. The number of rotatable bonds is 10. The van der Waals surface area contributed by atoms with Gasteiger partial charge in [0.2, 0.25) is 0 Å². The Morgan fingerprint density at radius 2 is 1.82 bits per heavy atom. The zero-order chi connectivity index (χ0) is 20.2. The summed E-state index contributed by atoms with van der Waals surface area (Å²) >= 11 is 0. The minimum atomic E-state index is 0.359. The minimum Gasteiger partial charge on any atom is -0.497 e. The standard InChI is InChI=1S/C22H31N3O3/c1-17(15-28-16-18-8-6-5-7-9-18)13-24-22(23-2)25-14-19-10-11-20(26-3)12-21(19)27-4/h5-12,17H,13-16H2,1-4H3,(H2,23,24,25). The molecule has 0 spiro atoms. The number of ether oxygens (including phenoxy) is 3. The summed E-state index contributed by atoms with van der Waals surface area (Å²) in [5.74, 6) is 2.66. The molecule has 0 fully saturated rings. The van der Waals surface area contributed by atoms with Crippen LogP contribution < -0.4 is 20.1 Å². The van der Waals surface area contributed by atoms with Gasteiger partial charge in [-0.2, -0.15) is 0 Å². The predicted octanol–water partition coefficient (Wildman–Crippen LogP) is 3.22. The lowest BCUT2D eigenvalue weighted by molar-refractivity contribution is 0.0931. The molecule has 2 N–H and O–H groups in total. The number of nitrogens with zero attached hydrogens (tertiary/aromatic N) is 1. The van der Waals surface area contributed by atoms with Gasteiger partial charge in [0.1, 0.15) is 11.5 Å². The Morgan fingerprint density at radius 1 is 1.04 bits per heavy atom. The minimum absolute atomic E-state index is 0.359. The van der Waals surface area contributed by atoms with Gasteiger partial charge >= 0.3 is 0 Å². The topological polar surface area (TPSA) is 64.1 Å². The molecule has 0 heterocycles. The number of methoxy groups -OCH3 is 2. The highest BCUT2D eigenvalue weighted by molar-refractivity contribution is 5.79. The van der Waals surface area contributed by atoms with Crippen LogP contribution in [0.4, 0.5) is 0 Å². The summed E-state index contributed by atoms with van der Waals surface area (Å²) < 4.78 is 16.5. The Kier molecular flexibility index (Phi) is 9.15. The molecular formula is C22H31N3O3. The van der Waals surface area contributed by atoms with E-state index in [-0.39, 0.29) is 0 Å². The normalized spacial score (nSPS) is 12.4. The van der Waals surface area contributed by atoms with E-state index in [0.717, 1.165) is 29.6 Å². The van der Waals surface area contributed by atoms with E-state index >= 15 is 0 Å². The maximum atomic E-state index is 5.80. The SMILES string of the molecule is CN=C(NCc1ccc(OC)cc1OC)NCC(C)COCc1ccccc1. The molecule has 0 aliphatic rings. The van der Waals surface area contributed by atoms with Gasteiger partial charge in [0.05, 0.1) is 27.4 Å². The van der Waals surface area contributed by atoms with E-state index in [0.29, 0.717) is 25.7 Å². The van der Waals surface area contributed by atoms with Gasteiger partial charge in [0.15, 0.2) is 5.96 Å². The molecule has 1 unspecified atom stereocenters. The van der Waals surface area contributed by atoms with Crippen molar-refractivity contribution in [2.75, 3.05) is 34.4 Å². The Bertz CT molecular complexity index is 735. The first kappa shape index (κ1) is 21.6. The van der Waals surface area contributed by atoms with E-state index in [1.807, 2.05) is 36.4 Å². The lowest BCUT2D eigenvalue weighted by atomic mass is 10.2. The highest BCUT2D eigenvalue weighted by atomic mass is 16.5. The molecule has 0 aromatic heterocycles. The molecular weight excluding hydrogens is 354 g/mol. The third kappa shape index (κ3) is 7.12. The van der Waals surface area contributed by atoms with Crippen LogP contribution in [0.5, 0.6) is 11.5 Å². The summed E-state index contributed by atoms with van der Waals surface area (Å²) in [6.45, 7) is 4.85. The van der Waals surface area contributed by atoms with Crippen LogP contribution in [-0.4, -0.2) is 40.4 Å². The molecule has 0 amide bonds. The van der Waals surface area contributed by atoms with Gasteiger partial charge in [0.25, 0.3) is 0 Å². The summed E-state index contributed by atoms with van der Waals surface area (Å²) in [7, 11) is 5.06. The molecule has 2 aromatic carbocycles. The fourth-order valence-corrected chi connectivity index (χ4v) is 2.68. The second-order valence-corrected chi connectivity index (χ2v) is 6.59. The Balaban J connectivity index is 1.73. The van der Waals surface area contributed by atoms with E-state index in [4.69, 9.17) is 14.2 Å². The van der Waals surface area contributed by atoms with Crippen molar-refractivity contribution >= 4 is 5.96 Å². The second kappa shape index (κ2) is 11.9. The van der Waals surface area contributed by atoms with E-state index < -0.39 is 0 Å². The molecule has 0 radical (unpaired) electrons. The largest absolute Gasteiger partial charge is 0.497 e. The highest BCUT2D eigenvalue weighted by Crippen LogP contribution is 2.24. The van der Waals surface area contributed by atoms with Crippen LogP contribution in [0.25, 0.3) is 0 Å². The smallest absolute Gasteiger partial charge is 0.191 e. The molecule has 0 saturated heterocycles. The van der Waals surface area contributed by atoms with Gasteiger partial charge in [-0.25, -0.2) is 0 Å². The number of nitrogens with one attached hydrogen (secondary N) is 2. The lowest BCUT2D eigenvalue weighted by Gasteiger charge is -2.17. The number of hydrogen-bond acceptors (Lipinski definition) is 4. The third-order valence-corrected chi connectivity index (χ3v) is 4.30. The van der Waals surface area contributed by atoms with E-state index in [9.17, 15) is 0 Å². The van der Waals surface area contributed by atoms with Crippen molar-refractivity contribution in [2.45, 2.75) is 20.1 Å². The van der Waals surface area contributed by atoms with Crippen LogP contribution in [-0.2, 0) is 17.9 Å². The predicted molar refractivity (Wildman–Crippen MR) is 113 cm³/mol. The van der Waals surface area contributed by atoms with Crippen LogP contribution in [0.1, 0.15) is 18.1 Å². The molecule has 6 nitrogen and oxygen atoms in total. The van der Waals surface area contributed by atoms with Crippen LogP contribution in [0.2, 0.25) is 0 Å². The van der Waals surface area contributed by atoms with Crippen LogP contribution >= 0.6 is 0 Å². The molecule has 0 bridgehead atoms. The molecule has 0 aliphatic heterocycles. The quantitative estimate of drug-likeness (QED) is 0.486. The molecule has 0 saturated carbocycles. The maximum Gasteiger partial charge on any atom is 0.191 e. The summed E-state index contributed by atoms with van der Waals surface area (Å²) in [6.07, 6.45) is 0. The highest BCUT2D eigenvalue weighted by Gasteiger charge is 2.08. The Hall–Kier alpha value is -2.73. The molecule has 6 heteroatoms. The fraction of sp³-hybridized carbons (Fsp3) is 0.409. The number of aliphatic imine (C=N–C) groups is 1. The summed E-state index contributed by atoms with van der Waals surface area (Å²) in [5.41, 5.74) is 2.22. The van der Waals surface area contributed by atoms with Gasteiger partial charge in [0, 0.05) is 31.8 Å². The van der Waals surface area contributed by atoms with Crippen molar-refractivity contribution in [1.29, 1.82) is 0 Å². The molecule has 1 atom stereocenters. The molecule has 2 aromatic rings. The first-order chi connectivity index (χ1) is 13.7. The zero-order valence-electron chi connectivity index (χ0n) is 17.2. The van der Waals surface area contributed by atoms with Crippen LogP contribution in [0, 0.1) is 5.92 Å². The number of benzene rings is 2. The van der Waals surface area contributed by atoms with Crippen molar-refractivity contribution in [2.24, 2.45) is 10.9 Å². The zero-order valence-corrected chi connectivity index (χ0v) is 17.2. The van der Waals surface area contributed by atoms with Crippen LogP contribution in [0.3, 0.4) is 0 Å². The number of guanidine groups is 1. The van der Waals surface area contributed by atoms with Crippen molar-refractivity contribution in [3.8, 4) is 11.5 Å². The molecule has 2 rings (SSSR count). The van der Waals surface area contributed by atoms with Gasteiger partial charge < -0.3 is 24.8 Å². The van der Waals surface area contributed by atoms with E-state index in [1.165, 1.54) is 5.56 Å². The first-order valence-electron chi connectivity index (χ1n) is 9.43. The van der Waals surface area contributed by atoms with Crippen molar-refractivity contribution in [1.82, 2.24) is 10.6 Å². The average molecular weight is 386 g/mol. The van der Waals surface area contributed by atoms with Gasteiger partial charge in [-0.3, -0.25) is 4.99 Å². The van der Waals surface area contributed by atoms with E-state index in [1.54, 1.807) is 21.3 Å². The van der Waals surface area contributed by atoms with E-state index in [2.05, 4.69) is 34.7 Å². The maximum absolute atomic E-state index is 5.80. The van der Waals surface area contributed by atoms with Crippen molar-refractivity contribution in [3.05, 3.63) is 59.7 Å². The van der Waals surface area contributed by atoms with Gasteiger partial charge in [-0.05, 0) is 23.6 Å². The first-order valence-corrected chi connectivity index (χ1v) is 9.43. The summed E-state index contributed by atoms with van der Waals surface area (Å²) in [6, 6.07) is 16.0. The third-order valence-electron chi connectivity index (χ3n) is 4.30. The monoisotopic (exact) mass is 385 g/mol. The van der Waals surface area contributed by atoms with Crippen molar-refractivity contribution < 1.29 is 14.2 Å². The Labute approximate surface area is 167 Å². The van der Waals surface area contributed by atoms with Gasteiger partial charge in [-0.15, -0.1) is 0 Å². The van der Waals surface area contributed by atoms with Gasteiger partial charge in [-0.1, -0.05) is 37.3 Å². The molecule has 152 valence electrons. The number of hydrogen-bond donors (Lipinski definition) is 2. The lowest BCUT2D eigenvalue weighted by Crippen LogP contribution is -2.39. The molecule has 0 aliphatic carbocycles. The fourth-order valence-electron chi connectivity index (χ4n) is 2.68. The molecule has 28 heavy (non-hydrogen) atoms. The Morgan fingerprint density at radius 3 is 2.50 bits per heavy atom. The summed E-state index contributed by atoms with van der Waals surface area (Å²) in [5, 5.41) is 6.65.